The van der Waals surface area contributed by atoms with Gasteiger partial charge < -0.3 is 5.32 Å². The van der Waals surface area contributed by atoms with Crippen molar-refractivity contribution >= 4 is 39.0 Å². The maximum Gasteiger partial charge on any atom is 0.248 e. The molecule has 2 heterocycles. The minimum atomic E-state index is -3.44. The molecule has 1 aliphatic rings. The average Bonchev–Trinajstić information content (AvgIpc) is 3.15. The third-order valence-electron chi connectivity index (χ3n) is 4.05. The molecule has 0 bridgehead atoms. The molecule has 0 atom stereocenters. The Morgan fingerprint density at radius 1 is 1.08 bits per heavy atom. The average molecular weight is 377 g/mol. The van der Waals surface area contributed by atoms with E-state index in [-0.39, 0.29) is 10.8 Å². The number of hydrogen-bond donors (Lipinski definition) is 1. The molecule has 0 saturated carbocycles. The van der Waals surface area contributed by atoms with E-state index < -0.39 is 10.0 Å². The van der Waals surface area contributed by atoms with Crippen molar-refractivity contribution < 1.29 is 13.2 Å². The second-order valence-electron chi connectivity index (χ2n) is 5.87. The highest BCUT2D eigenvalue weighted by Gasteiger charge is 2.25. The summed E-state index contributed by atoms with van der Waals surface area (Å²) in [4.78, 5) is 12.2. The molecule has 2 aromatic rings. The Morgan fingerprint density at radius 3 is 2.44 bits per heavy atom. The van der Waals surface area contributed by atoms with Gasteiger partial charge >= 0.3 is 0 Å². The van der Waals surface area contributed by atoms with Crippen molar-refractivity contribution in [2.45, 2.75) is 24.2 Å². The predicted molar refractivity (Wildman–Crippen MR) is 101 cm³/mol. The first-order valence-corrected chi connectivity index (χ1v) is 10.6. The van der Waals surface area contributed by atoms with Crippen molar-refractivity contribution in [3.8, 4) is 0 Å². The van der Waals surface area contributed by atoms with Crippen molar-refractivity contribution in [2.24, 2.45) is 0 Å². The number of anilines is 1. The van der Waals surface area contributed by atoms with E-state index in [0.717, 1.165) is 24.8 Å². The lowest BCUT2D eigenvalue weighted by Crippen LogP contribution is -2.35. The number of thiophene rings is 1. The number of benzene rings is 1. The lowest BCUT2D eigenvalue weighted by Gasteiger charge is -2.25. The first kappa shape index (κ1) is 17.8. The molecule has 5 nitrogen and oxygen atoms in total. The summed E-state index contributed by atoms with van der Waals surface area (Å²) in [5.41, 5.74) is 1.54. The summed E-state index contributed by atoms with van der Waals surface area (Å²) in [7, 11) is -3.44. The number of sulfonamides is 1. The van der Waals surface area contributed by atoms with E-state index in [1.54, 1.807) is 41.7 Å². The third kappa shape index (κ3) is 4.56. The third-order valence-corrected chi connectivity index (χ3v) is 6.66. The van der Waals surface area contributed by atoms with Gasteiger partial charge in [-0.05, 0) is 65.6 Å². The molecule has 1 aromatic heterocycles. The molecule has 132 valence electrons. The molecule has 0 aliphatic carbocycles. The molecular formula is C18H20N2O3S2. The molecule has 1 N–H and O–H groups in total. The van der Waals surface area contributed by atoms with E-state index in [0.29, 0.717) is 18.8 Å². The fourth-order valence-electron chi connectivity index (χ4n) is 2.69. The fourth-order valence-corrected chi connectivity index (χ4v) is 4.84. The summed E-state index contributed by atoms with van der Waals surface area (Å²) in [6.45, 7) is 1.16. The van der Waals surface area contributed by atoms with Gasteiger partial charge in [0, 0.05) is 24.9 Å². The number of carbonyl (C=O) groups is 1. The lowest BCUT2D eigenvalue weighted by molar-refractivity contribution is -0.111. The Labute approximate surface area is 152 Å². The summed E-state index contributed by atoms with van der Waals surface area (Å²) in [6, 6.07) is 8.25. The molecule has 7 heteroatoms. The van der Waals surface area contributed by atoms with Crippen molar-refractivity contribution in [1.82, 2.24) is 4.31 Å². The van der Waals surface area contributed by atoms with Gasteiger partial charge in [-0.15, -0.1) is 0 Å². The molecule has 1 saturated heterocycles. The molecule has 1 fully saturated rings. The van der Waals surface area contributed by atoms with E-state index >= 15 is 0 Å². The van der Waals surface area contributed by atoms with Gasteiger partial charge in [-0.2, -0.15) is 15.6 Å². The molecular weight excluding hydrogens is 356 g/mol. The topological polar surface area (TPSA) is 66.5 Å². The molecule has 0 radical (unpaired) electrons. The van der Waals surface area contributed by atoms with Crippen LogP contribution in [0.4, 0.5) is 5.69 Å². The zero-order chi connectivity index (χ0) is 17.7. The summed E-state index contributed by atoms with van der Waals surface area (Å²) in [5, 5.41) is 6.62. The highest BCUT2D eigenvalue weighted by Crippen LogP contribution is 2.22. The number of carbonyl (C=O) groups excluding carboxylic acids is 1. The second kappa shape index (κ2) is 7.95. The normalized spacial score (nSPS) is 16.2. The number of piperidine rings is 1. The molecule has 3 rings (SSSR count). The van der Waals surface area contributed by atoms with Gasteiger partial charge in [0.05, 0.1) is 4.90 Å². The Morgan fingerprint density at radius 2 is 1.80 bits per heavy atom. The predicted octanol–water partition coefficient (Wildman–Crippen LogP) is 3.57. The number of hydrogen-bond acceptors (Lipinski definition) is 4. The van der Waals surface area contributed by atoms with E-state index in [1.165, 1.54) is 10.4 Å². The standard InChI is InChI=1S/C18H20N2O3S2/c21-18(9-4-15-10-13-24-14-15)19-16-5-7-17(8-6-16)25(22,23)20-11-2-1-3-12-20/h4-10,13-14H,1-3,11-12H2,(H,19,21)/b9-4+. The first-order valence-electron chi connectivity index (χ1n) is 8.17. The zero-order valence-electron chi connectivity index (χ0n) is 13.7. The van der Waals surface area contributed by atoms with Crippen molar-refractivity contribution in [3.63, 3.8) is 0 Å². The van der Waals surface area contributed by atoms with Crippen LogP contribution in [-0.2, 0) is 14.8 Å². The van der Waals surface area contributed by atoms with E-state index in [1.807, 2.05) is 16.8 Å². The van der Waals surface area contributed by atoms with Crippen LogP contribution < -0.4 is 5.32 Å². The van der Waals surface area contributed by atoms with Gasteiger partial charge in [0.25, 0.3) is 0 Å². The Hall–Kier alpha value is -1.96. The Balaban J connectivity index is 1.64. The summed E-state index contributed by atoms with van der Waals surface area (Å²) in [5.74, 6) is -0.252. The van der Waals surface area contributed by atoms with Crippen LogP contribution in [0.15, 0.2) is 52.1 Å². The van der Waals surface area contributed by atoms with Crippen LogP contribution in [0.25, 0.3) is 6.08 Å². The minimum Gasteiger partial charge on any atom is -0.323 e. The van der Waals surface area contributed by atoms with Crippen LogP contribution in [0, 0.1) is 0 Å². The zero-order valence-corrected chi connectivity index (χ0v) is 15.4. The molecule has 1 aromatic carbocycles. The number of nitrogens with zero attached hydrogens (tertiary/aromatic N) is 1. The number of nitrogens with one attached hydrogen (secondary N) is 1. The van der Waals surface area contributed by atoms with E-state index in [4.69, 9.17) is 0 Å². The van der Waals surface area contributed by atoms with E-state index in [2.05, 4.69) is 5.32 Å². The van der Waals surface area contributed by atoms with Crippen LogP contribution in [0.3, 0.4) is 0 Å². The molecule has 25 heavy (non-hydrogen) atoms. The van der Waals surface area contributed by atoms with Crippen LogP contribution in [0.1, 0.15) is 24.8 Å². The largest absolute Gasteiger partial charge is 0.323 e. The van der Waals surface area contributed by atoms with Crippen molar-refractivity contribution in [1.29, 1.82) is 0 Å². The fraction of sp³-hybridized carbons (Fsp3) is 0.278. The van der Waals surface area contributed by atoms with Crippen LogP contribution in [0.5, 0.6) is 0 Å². The Kier molecular flexibility index (Phi) is 5.67. The van der Waals surface area contributed by atoms with Crippen molar-refractivity contribution in [2.75, 3.05) is 18.4 Å². The smallest absolute Gasteiger partial charge is 0.248 e. The highest BCUT2D eigenvalue weighted by molar-refractivity contribution is 7.89. The van der Waals surface area contributed by atoms with Gasteiger partial charge in [-0.1, -0.05) is 6.42 Å². The summed E-state index contributed by atoms with van der Waals surface area (Å²) < 4.78 is 26.7. The Bertz CT molecular complexity index is 835. The first-order chi connectivity index (χ1) is 12.1. The quantitative estimate of drug-likeness (QED) is 0.811. The number of rotatable bonds is 5. The summed E-state index contributed by atoms with van der Waals surface area (Å²) >= 11 is 1.57. The van der Waals surface area contributed by atoms with Crippen molar-refractivity contribution in [3.05, 3.63) is 52.7 Å². The van der Waals surface area contributed by atoms with Crippen LogP contribution >= 0.6 is 11.3 Å². The summed E-state index contributed by atoms with van der Waals surface area (Å²) in [6.07, 6.45) is 6.09. The van der Waals surface area contributed by atoms with Gasteiger partial charge in [0.2, 0.25) is 15.9 Å². The maximum absolute atomic E-state index is 12.6. The molecule has 0 spiro atoms. The molecule has 0 unspecified atom stereocenters. The molecule has 1 aliphatic heterocycles. The van der Waals surface area contributed by atoms with E-state index in [9.17, 15) is 13.2 Å². The van der Waals surface area contributed by atoms with Gasteiger partial charge in [-0.3, -0.25) is 4.79 Å². The lowest BCUT2D eigenvalue weighted by atomic mass is 10.2. The number of amides is 1. The van der Waals surface area contributed by atoms with Gasteiger partial charge in [0.1, 0.15) is 0 Å². The minimum absolute atomic E-state index is 0.252. The highest BCUT2D eigenvalue weighted by atomic mass is 32.2. The van der Waals surface area contributed by atoms with Crippen LogP contribution in [-0.4, -0.2) is 31.7 Å². The van der Waals surface area contributed by atoms with Gasteiger partial charge in [-0.25, -0.2) is 8.42 Å². The SMILES string of the molecule is O=C(/C=C/c1ccsc1)Nc1ccc(S(=O)(=O)N2CCCCC2)cc1. The van der Waals surface area contributed by atoms with Gasteiger partial charge in [0.15, 0.2) is 0 Å². The molecule has 1 amide bonds. The second-order valence-corrected chi connectivity index (χ2v) is 8.59. The monoisotopic (exact) mass is 376 g/mol. The van der Waals surface area contributed by atoms with Crippen LogP contribution in [0.2, 0.25) is 0 Å². The maximum atomic E-state index is 12.6.